The molecule has 144 valence electrons. The molecule has 1 aliphatic rings. The van der Waals surface area contributed by atoms with Gasteiger partial charge in [0.05, 0.1) is 6.33 Å². The molecule has 0 radical (unpaired) electrons. The van der Waals surface area contributed by atoms with Gasteiger partial charge in [-0.05, 0) is 24.1 Å². The van der Waals surface area contributed by atoms with Crippen LogP contribution in [-0.2, 0) is 17.9 Å². The number of nitrogen functional groups attached to an aromatic ring is 1. The molecule has 3 heterocycles. The van der Waals surface area contributed by atoms with Gasteiger partial charge < -0.3 is 20.9 Å². The maximum absolute atomic E-state index is 12.3. The first-order valence-electron chi connectivity index (χ1n) is 8.94. The molecule has 0 bridgehead atoms. The highest BCUT2D eigenvalue weighted by Crippen LogP contribution is 2.18. The molecule has 1 fully saturated rings. The molecular weight excluding hydrogens is 360 g/mol. The summed E-state index contributed by atoms with van der Waals surface area (Å²) >= 11 is 0. The topological polar surface area (TPSA) is 131 Å². The average Bonchev–Trinajstić information content (AvgIpc) is 3.11. The molecule has 3 aromatic rings. The summed E-state index contributed by atoms with van der Waals surface area (Å²) in [4.78, 5) is 38.0. The van der Waals surface area contributed by atoms with Crippen LogP contribution >= 0.6 is 0 Å². The highest BCUT2D eigenvalue weighted by molar-refractivity contribution is 5.92. The smallest absolute Gasteiger partial charge is 0.321 e. The summed E-state index contributed by atoms with van der Waals surface area (Å²) in [6, 6.07) is 7.49. The average molecular weight is 380 g/mol. The first-order chi connectivity index (χ1) is 13.6. The Bertz CT molecular complexity index is 1010. The maximum atomic E-state index is 12.3. The molecule has 0 atom stereocenters. The van der Waals surface area contributed by atoms with Gasteiger partial charge in [-0.3, -0.25) is 9.69 Å². The van der Waals surface area contributed by atoms with Gasteiger partial charge in [0.2, 0.25) is 5.91 Å². The van der Waals surface area contributed by atoms with Crippen LogP contribution in [0.5, 0.6) is 0 Å². The Morgan fingerprint density at radius 2 is 2.04 bits per heavy atom. The van der Waals surface area contributed by atoms with Crippen LogP contribution < -0.4 is 21.3 Å². The lowest BCUT2D eigenvalue weighted by molar-refractivity contribution is -0.121. The molecule has 3 amide bonds. The van der Waals surface area contributed by atoms with Gasteiger partial charge in [0.15, 0.2) is 11.5 Å². The molecular formula is C18H20N8O2. The lowest BCUT2D eigenvalue weighted by Gasteiger charge is -2.27. The molecule has 0 saturated carbocycles. The first kappa shape index (κ1) is 17.7. The van der Waals surface area contributed by atoms with E-state index in [4.69, 9.17) is 5.73 Å². The number of imidazole rings is 1. The molecule has 28 heavy (non-hydrogen) atoms. The van der Waals surface area contributed by atoms with Crippen molar-refractivity contribution in [3.05, 3.63) is 42.5 Å². The van der Waals surface area contributed by atoms with Crippen LogP contribution in [0.1, 0.15) is 12.0 Å². The number of hydrogen-bond acceptors (Lipinski definition) is 6. The van der Waals surface area contributed by atoms with E-state index < -0.39 is 0 Å². The number of fused-ring (bicyclic) bond motifs is 1. The number of anilines is 2. The molecule has 0 spiro atoms. The van der Waals surface area contributed by atoms with Crippen molar-refractivity contribution in [1.29, 1.82) is 0 Å². The fourth-order valence-electron chi connectivity index (χ4n) is 3.10. The van der Waals surface area contributed by atoms with Gasteiger partial charge in [0, 0.05) is 25.3 Å². The van der Waals surface area contributed by atoms with Crippen LogP contribution in [0.15, 0.2) is 36.9 Å². The number of nitrogens with one attached hydrogen (secondary N) is 2. The van der Waals surface area contributed by atoms with Crippen LogP contribution in [0.2, 0.25) is 0 Å². The molecule has 10 heteroatoms. The summed E-state index contributed by atoms with van der Waals surface area (Å²) in [5, 5.41) is 5.70. The molecule has 4 N–H and O–H groups in total. The summed E-state index contributed by atoms with van der Waals surface area (Å²) in [5.41, 5.74) is 8.54. The predicted molar refractivity (Wildman–Crippen MR) is 103 cm³/mol. The Labute approximate surface area is 160 Å². The van der Waals surface area contributed by atoms with E-state index in [2.05, 4.69) is 25.6 Å². The van der Waals surface area contributed by atoms with E-state index in [1.54, 1.807) is 9.47 Å². The minimum absolute atomic E-state index is 0.0793. The number of aromatic nitrogens is 4. The number of carbonyl (C=O) groups excluding carboxylic acids is 2. The maximum Gasteiger partial charge on any atom is 0.321 e. The van der Waals surface area contributed by atoms with Gasteiger partial charge in [0.1, 0.15) is 18.4 Å². The number of nitrogens with zero attached hydrogens (tertiary/aromatic N) is 5. The van der Waals surface area contributed by atoms with Gasteiger partial charge in [-0.15, -0.1) is 0 Å². The van der Waals surface area contributed by atoms with Crippen molar-refractivity contribution >= 4 is 34.6 Å². The van der Waals surface area contributed by atoms with Gasteiger partial charge >= 0.3 is 6.03 Å². The molecule has 0 unspecified atom stereocenters. The van der Waals surface area contributed by atoms with Crippen molar-refractivity contribution in [2.75, 3.05) is 23.7 Å². The normalized spacial score (nSPS) is 14.1. The molecule has 1 saturated heterocycles. The van der Waals surface area contributed by atoms with E-state index >= 15 is 0 Å². The van der Waals surface area contributed by atoms with Gasteiger partial charge in [-0.1, -0.05) is 12.1 Å². The summed E-state index contributed by atoms with van der Waals surface area (Å²) in [6.07, 6.45) is 3.79. The van der Waals surface area contributed by atoms with Crippen LogP contribution in [0.25, 0.3) is 11.2 Å². The zero-order chi connectivity index (χ0) is 19.5. The van der Waals surface area contributed by atoms with Crippen molar-refractivity contribution in [2.24, 2.45) is 0 Å². The second-order valence-corrected chi connectivity index (χ2v) is 6.48. The molecule has 4 rings (SSSR count). The Morgan fingerprint density at radius 3 is 2.82 bits per heavy atom. The quantitative estimate of drug-likeness (QED) is 0.595. The number of carbonyl (C=O) groups is 2. The zero-order valence-corrected chi connectivity index (χ0v) is 15.1. The van der Waals surface area contributed by atoms with Crippen LogP contribution in [-0.4, -0.2) is 44.5 Å². The number of nitrogens with two attached hydrogens (primary N) is 1. The first-order valence-corrected chi connectivity index (χ1v) is 8.94. The standard InChI is InChI=1S/C18H20N8O2/c19-16-15-17(23-10-22-16)25(11-24-15)9-14(27)21-8-12-2-4-13(5-3-12)26-7-1-6-20-18(26)28/h2-5,10-11H,1,6-9H2,(H,20,28)(H,21,27)(H2,19,22,23). The molecule has 1 aromatic carbocycles. The van der Waals surface area contributed by atoms with Crippen LogP contribution in [0.3, 0.4) is 0 Å². The number of urea groups is 1. The third kappa shape index (κ3) is 3.56. The Kier molecular flexibility index (Phi) is 4.75. The fourth-order valence-corrected chi connectivity index (χ4v) is 3.10. The Hall–Kier alpha value is -3.69. The van der Waals surface area contributed by atoms with E-state index in [9.17, 15) is 9.59 Å². The third-order valence-corrected chi connectivity index (χ3v) is 4.56. The molecule has 10 nitrogen and oxygen atoms in total. The molecule has 2 aromatic heterocycles. The van der Waals surface area contributed by atoms with Gasteiger partial charge in [-0.25, -0.2) is 19.7 Å². The summed E-state index contributed by atoms with van der Waals surface area (Å²) in [7, 11) is 0. The van der Waals surface area contributed by atoms with Crippen LogP contribution in [0, 0.1) is 0 Å². The van der Waals surface area contributed by atoms with E-state index in [0.717, 1.165) is 17.7 Å². The number of hydrogen-bond donors (Lipinski definition) is 3. The second-order valence-electron chi connectivity index (χ2n) is 6.48. The van der Waals surface area contributed by atoms with Gasteiger partial charge in [0.25, 0.3) is 0 Å². The summed E-state index contributed by atoms with van der Waals surface area (Å²) in [5.74, 6) is 0.114. The Balaban J connectivity index is 1.35. The highest BCUT2D eigenvalue weighted by Gasteiger charge is 2.18. The van der Waals surface area contributed by atoms with Crippen molar-refractivity contribution < 1.29 is 9.59 Å². The minimum Gasteiger partial charge on any atom is -0.382 e. The van der Waals surface area contributed by atoms with Crippen molar-refractivity contribution in [3.8, 4) is 0 Å². The summed E-state index contributed by atoms with van der Waals surface area (Å²) in [6.45, 7) is 1.88. The second kappa shape index (κ2) is 7.51. The third-order valence-electron chi connectivity index (χ3n) is 4.56. The van der Waals surface area contributed by atoms with Gasteiger partial charge in [-0.2, -0.15) is 0 Å². The minimum atomic E-state index is -0.170. The number of benzene rings is 1. The Morgan fingerprint density at radius 1 is 1.21 bits per heavy atom. The predicted octanol–water partition coefficient (Wildman–Crippen LogP) is 0.645. The van der Waals surface area contributed by atoms with Crippen molar-refractivity contribution in [3.63, 3.8) is 0 Å². The number of amides is 3. The summed E-state index contributed by atoms with van der Waals surface area (Å²) < 4.78 is 1.63. The number of rotatable bonds is 5. The van der Waals surface area contributed by atoms with E-state index in [1.165, 1.54) is 12.7 Å². The van der Waals surface area contributed by atoms with Crippen LogP contribution in [0.4, 0.5) is 16.3 Å². The lowest BCUT2D eigenvalue weighted by Crippen LogP contribution is -2.46. The molecule has 1 aliphatic heterocycles. The zero-order valence-electron chi connectivity index (χ0n) is 15.1. The highest BCUT2D eigenvalue weighted by atomic mass is 16.2. The lowest BCUT2D eigenvalue weighted by atomic mass is 10.2. The SMILES string of the molecule is Nc1ncnc2c1ncn2CC(=O)NCc1ccc(N2CCCNC2=O)cc1. The van der Waals surface area contributed by atoms with E-state index in [0.29, 0.717) is 30.8 Å². The van der Waals surface area contributed by atoms with E-state index in [1.807, 2.05) is 24.3 Å². The monoisotopic (exact) mass is 380 g/mol. The fraction of sp³-hybridized carbons (Fsp3) is 0.278. The van der Waals surface area contributed by atoms with E-state index in [-0.39, 0.29) is 24.3 Å². The van der Waals surface area contributed by atoms with Crippen molar-refractivity contribution in [2.45, 2.75) is 19.5 Å². The van der Waals surface area contributed by atoms with Crippen molar-refractivity contribution in [1.82, 2.24) is 30.2 Å². The largest absolute Gasteiger partial charge is 0.382 e. The molecule has 0 aliphatic carbocycles.